The molecule has 0 spiro atoms. The van der Waals surface area contributed by atoms with Gasteiger partial charge in [0.2, 0.25) is 5.91 Å². The average Bonchev–Trinajstić information content (AvgIpc) is 2.56. The van der Waals surface area contributed by atoms with E-state index in [-0.39, 0.29) is 22.0 Å². The van der Waals surface area contributed by atoms with E-state index in [1.54, 1.807) is 6.92 Å². The van der Waals surface area contributed by atoms with Crippen molar-refractivity contribution in [3.8, 4) is 5.75 Å². The van der Waals surface area contributed by atoms with Gasteiger partial charge in [0.05, 0.1) is 23.6 Å². The topological polar surface area (TPSA) is 88.5 Å². The first-order valence-corrected chi connectivity index (χ1v) is 8.03. The number of aromatic carboxylic acids is 1. The van der Waals surface area contributed by atoms with Crippen LogP contribution in [0.5, 0.6) is 5.75 Å². The Hall–Kier alpha value is -2.61. The van der Waals surface area contributed by atoms with Gasteiger partial charge in [0.15, 0.2) is 0 Å². The fourth-order valence-corrected chi connectivity index (χ4v) is 2.66. The molecule has 0 aliphatic rings. The van der Waals surface area contributed by atoms with Crippen LogP contribution in [0.3, 0.4) is 0 Å². The molecule has 1 heterocycles. The summed E-state index contributed by atoms with van der Waals surface area (Å²) >= 11 is 0.988. The van der Waals surface area contributed by atoms with Gasteiger partial charge in [-0.05, 0) is 31.2 Å². The van der Waals surface area contributed by atoms with Crippen LogP contribution in [0, 0.1) is 5.82 Å². The molecule has 1 aromatic heterocycles. The van der Waals surface area contributed by atoms with Crippen molar-refractivity contribution in [1.29, 1.82) is 0 Å². The SMILES string of the molecule is CCOc1ccc(F)cc1NC(=O)CSc1ncccc1C(=O)O. The van der Waals surface area contributed by atoms with Gasteiger partial charge in [-0.2, -0.15) is 0 Å². The minimum atomic E-state index is -1.12. The predicted molar refractivity (Wildman–Crippen MR) is 88.1 cm³/mol. The first-order valence-electron chi connectivity index (χ1n) is 7.04. The van der Waals surface area contributed by atoms with E-state index in [0.717, 1.165) is 17.8 Å². The summed E-state index contributed by atoms with van der Waals surface area (Å²) in [5.74, 6) is -1.75. The molecule has 0 saturated carbocycles. The highest BCUT2D eigenvalue weighted by atomic mass is 32.2. The van der Waals surface area contributed by atoms with Crippen molar-refractivity contribution >= 4 is 29.3 Å². The van der Waals surface area contributed by atoms with E-state index < -0.39 is 17.7 Å². The molecule has 0 saturated heterocycles. The van der Waals surface area contributed by atoms with Crippen molar-refractivity contribution in [1.82, 2.24) is 4.98 Å². The van der Waals surface area contributed by atoms with E-state index in [1.165, 1.54) is 30.5 Å². The van der Waals surface area contributed by atoms with Gasteiger partial charge in [0, 0.05) is 12.3 Å². The van der Waals surface area contributed by atoms with Gasteiger partial charge in [-0.3, -0.25) is 4.79 Å². The second kappa shape index (κ2) is 8.30. The number of ether oxygens (including phenoxy) is 1. The lowest BCUT2D eigenvalue weighted by Gasteiger charge is -2.11. The summed E-state index contributed by atoms with van der Waals surface area (Å²) in [5.41, 5.74) is 0.248. The highest BCUT2D eigenvalue weighted by Gasteiger charge is 2.14. The van der Waals surface area contributed by atoms with Crippen LogP contribution in [0.25, 0.3) is 0 Å². The second-order valence-corrected chi connectivity index (χ2v) is 5.54. The van der Waals surface area contributed by atoms with Crippen LogP contribution in [0.1, 0.15) is 17.3 Å². The number of carbonyl (C=O) groups excluding carboxylic acids is 1. The highest BCUT2D eigenvalue weighted by molar-refractivity contribution is 8.00. The summed E-state index contributed by atoms with van der Waals surface area (Å²) in [7, 11) is 0. The Balaban J connectivity index is 2.04. The van der Waals surface area contributed by atoms with Crippen molar-refractivity contribution in [2.75, 3.05) is 17.7 Å². The zero-order chi connectivity index (χ0) is 17.5. The summed E-state index contributed by atoms with van der Waals surface area (Å²) in [6.07, 6.45) is 1.45. The third kappa shape index (κ3) is 4.69. The van der Waals surface area contributed by atoms with Crippen molar-refractivity contribution in [2.45, 2.75) is 11.9 Å². The van der Waals surface area contributed by atoms with Crippen LogP contribution in [0.15, 0.2) is 41.6 Å². The number of hydrogen-bond donors (Lipinski definition) is 2. The first-order chi connectivity index (χ1) is 11.5. The molecule has 0 aliphatic carbocycles. The summed E-state index contributed by atoms with van der Waals surface area (Å²) < 4.78 is 18.7. The van der Waals surface area contributed by atoms with Crippen LogP contribution in [-0.2, 0) is 4.79 Å². The molecule has 126 valence electrons. The Bertz CT molecular complexity index is 755. The molecule has 8 heteroatoms. The van der Waals surface area contributed by atoms with Crippen LogP contribution < -0.4 is 10.1 Å². The minimum absolute atomic E-state index is 0.0241. The number of nitrogens with zero attached hydrogens (tertiary/aromatic N) is 1. The van der Waals surface area contributed by atoms with E-state index in [4.69, 9.17) is 9.84 Å². The Morgan fingerprint density at radius 1 is 1.38 bits per heavy atom. The number of carboxylic acids is 1. The number of pyridine rings is 1. The van der Waals surface area contributed by atoms with Crippen LogP contribution in [0.2, 0.25) is 0 Å². The van der Waals surface area contributed by atoms with Gasteiger partial charge in [0.1, 0.15) is 16.6 Å². The van der Waals surface area contributed by atoms with Crippen molar-refractivity contribution in [3.63, 3.8) is 0 Å². The number of benzene rings is 1. The predicted octanol–water partition coefficient (Wildman–Crippen LogP) is 3.05. The molecule has 1 amide bonds. The third-order valence-corrected chi connectivity index (χ3v) is 3.86. The van der Waals surface area contributed by atoms with Gasteiger partial charge in [-0.1, -0.05) is 11.8 Å². The maximum absolute atomic E-state index is 13.3. The maximum Gasteiger partial charge on any atom is 0.338 e. The minimum Gasteiger partial charge on any atom is -0.492 e. The fraction of sp³-hybridized carbons (Fsp3) is 0.188. The molecule has 6 nitrogen and oxygen atoms in total. The summed E-state index contributed by atoms with van der Waals surface area (Å²) in [6, 6.07) is 6.76. The lowest BCUT2D eigenvalue weighted by atomic mass is 10.3. The smallest absolute Gasteiger partial charge is 0.338 e. The molecular formula is C16H15FN2O4S. The molecule has 24 heavy (non-hydrogen) atoms. The number of halogens is 1. The number of hydrogen-bond acceptors (Lipinski definition) is 5. The molecule has 0 atom stereocenters. The molecule has 2 N–H and O–H groups in total. The molecule has 0 aliphatic heterocycles. The Morgan fingerprint density at radius 3 is 2.88 bits per heavy atom. The van der Waals surface area contributed by atoms with E-state index >= 15 is 0 Å². The first kappa shape index (κ1) is 17.7. The number of nitrogens with one attached hydrogen (secondary N) is 1. The van der Waals surface area contributed by atoms with E-state index in [0.29, 0.717) is 12.4 Å². The summed E-state index contributed by atoms with van der Waals surface area (Å²) in [5, 5.41) is 11.9. The summed E-state index contributed by atoms with van der Waals surface area (Å²) in [6.45, 7) is 2.15. The number of anilines is 1. The van der Waals surface area contributed by atoms with Crippen molar-refractivity contribution in [3.05, 3.63) is 47.9 Å². The van der Waals surface area contributed by atoms with Gasteiger partial charge in [-0.15, -0.1) is 0 Å². The number of carbonyl (C=O) groups is 2. The van der Waals surface area contributed by atoms with Crippen molar-refractivity contribution in [2.24, 2.45) is 0 Å². The number of amides is 1. The van der Waals surface area contributed by atoms with Crippen molar-refractivity contribution < 1.29 is 23.8 Å². The van der Waals surface area contributed by atoms with Crippen LogP contribution in [-0.4, -0.2) is 34.3 Å². The molecular weight excluding hydrogens is 335 g/mol. The quantitative estimate of drug-likeness (QED) is 0.746. The molecule has 0 radical (unpaired) electrons. The van der Waals surface area contributed by atoms with Crippen LogP contribution >= 0.6 is 11.8 Å². The number of rotatable bonds is 7. The number of carboxylic acid groups (broad SMARTS) is 1. The largest absolute Gasteiger partial charge is 0.492 e. The van der Waals surface area contributed by atoms with E-state index in [9.17, 15) is 14.0 Å². The van der Waals surface area contributed by atoms with Gasteiger partial charge < -0.3 is 15.2 Å². The Labute approximate surface area is 142 Å². The Morgan fingerprint density at radius 2 is 2.17 bits per heavy atom. The molecule has 1 aromatic carbocycles. The normalized spacial score (nSPS) is 10.2. The van der Waals surface area contributed by atoms with Gasteiger partial charge in [0.25, 0.3) is 0 Å². The van der Waals surface area contributed by atoms with E-state index in [1.807, 2.05) is 0 Å². The summed E-state index contributed by atoms with van der Waals surface area (Å²) in [4.78, 5) is 27.1. The fourth-order valence-electron chi connectivity index (χ4n) is 1.87. The third-order valence-electron chi connectivity index (χ3n) is 2.86. The zero-order valence-corrected chi connectivity index (χ0v) is 13.6. The molecule has 2 aromatic rings. The van der Waals surface area contributed by atoms with Crippen LogP contribution in [0.4, 0.5) is 10.1 Å². The second-order valence-electron chi connectivity index (χ2n) is 4.57. The maximum atomic E-state index is 13.3. The van der Waals surface area contributed by atoms with Gasteiger partial charge >= 0.3 is 5.97 Å². The average molecular weight is 350 g/mol. The highest BCUT2D eigenvalue weighted by Crippen LogP contribution is 2.26. The molecule has 0 bridgehead atoms. The molecule has 2 rings (SSSR count). The standard InChI is InChI=1S/C16H15FN2O4S/c1-2-23-13-6-5-10(17)8-12(13)19-14(20)9-24-15-11(16(21)22)4-3-7-18-15/h3-8H,2,9H2,1H3,(H,19,20)(H,21,22). The lowest BCUT2D eigenvalue weighted by Crippen LogP contribution is -2.15. The Kier molecular flexibility index (Phi) is 6.14. The molecule has 0 unspecified atom stereocenters. The number of aromatic nitrogens is 1. The monoisotopic (exact) mass is 350 g/mol. The van der Waals surface area contributed by atoms with E-state index in [2.05, 4.69) is 10.3 Å². The molecule has 0 fully saturated rings. The zero-order valence-electron chi connectivity index (χ0n) is 12.8. The lowest BCUT2D eigenvalue weighted by molar-refractivity contribution is -0.113. The van der Waals surface area contributed by atoms with Gasteiger partial charge in [-0.25, -0.2) is 14.2 Å². The number of thioether (sulfide) groups is 1.